The summed E-state index contributed by atoms with van der Waals surface area (Å²) in [6.07, 6.45) is 2.46. The number of alkyl carbamates (subject to hydrolysis) is 1. The third-order valence-corrected chi connectivity index (χ3v) is 3.72. The largest absolute Gasteiger partial charge is 0.444 e. The van der Waals surface area contributed by atoms with Crippen molar-refractivity contribution >= 4 is 18.0 Å². The highest BCUT2D eigenvalue weighted by Crippen LogP contribution is 2.16. The van der Waals surface area contributed by atoms with Gasteiger partial charge in [0.15, 0.2) is 0 Å². The molecule has 1 aliphatic rings. The first-order valence-electron chi connectivity index (χ1n) is 9.18. The lowest BCUT2D eigenvalue weighted by Gasteiger charge is -2.35. The maximum Gasteiger partial charge on any atom is 0.407 e. The van der Waals surface area contributed by atoms with Gasteiger partial charge in [0.05, 0.1) is 6.54 Å². The zero-order chi connectivity index (χ0) is 20.0. The van der Waals surface area contributed by atoms with Crippen LogP contribution in [0.2, 0.25) is 0 Å². The molecule has 0 radical (unpaired) electrons. The number of nitrogens with zero attached hydrogens (tertiary/aromatic N) is 1. The van der Waals surface area contributed by atoms with Crippen molar-refractivity contribution in [2.45, 2.75) is 78.0 Å². The van der Waals surface area contributed by atoms with Gasteiger partial charge in [-0.15, -0.1) is 0 Å². The molecule has 4 amide bonds. The lowest BCUT2D eigenvalue weighted by atomic mass is 10.0. The summed E-state index contributed by atoms with van der Waals surface area (Å²) in [7, 11) is 0. The summed E-state index contributed by atoms with van der Waals surface area (Å²) in [6, 6.07) is -0.448. The van der Waals surface area contributed by atoms with E-state index in [4.69, 9.17) is 4.74 Å². The number of rotatable bonds is 4. The van der Waals surface area contributed by atoms with Crippen LogP contribution in [0.5, 0.6) is 0 Å². The van der Waals surface area contributed by atoms with E-state index < -0.39 is 23.3 Å². The average molecular weight is 370 g/mol. The molecule has 1 heterocycles. The van der Waals surface area contributed by atoms with Crippen LogP contribution < -0.4 is 16.0 Å². The van der Waals surface area contributed by atoms with E-state index in [-0.39, 0.29) is 18.5 Å². The fraction of sp³-hybridized carbons (Fsp3) is 0.833. The minimum Gasteiger partial charge on any atom is -0.444 e. The highest BCUT2D eigenvalue weighted by Gasteiger charge is 2.26. The SMILES string of the molecule is CC(C)(C)NC(=O)NC(=O)CN1CCCCC1CNC(=O)OC(C)(C)C. The third kappa shape index (κ3) is 9.60. The fourth-order valence-electron chi connectivity index (χ4n) is 2.74. The van der Waals surface area contributed by atoms with Gasteiger partial charge in [0, 0.05) is 18.1 Å². The Balaban J connectivity index is 2.48. The van der Waals surface area contributed by atoms with E-state index in [9.17, 15) is 14.4 Å². The van der Waals surface area contributed by atoms with Gasteiger partial charge in [0.1, 0.15) is 5.60 Å². The Hall–Kier alpha value is -1.83. The Kier molecular flexibility index (Phi) is 7.87. The second kappa shape index (κ2) is 9.21. The molecule has 26 heavy (non-hydrogen) atoms. The van der Waals surface area contributed by atoms with E-state index in [1.807, 2.05) is 46.4 Å². The summed E-state index contributed by atoms with van der Waals surface area (Å²) in [6.45, 7) is 12.3. The second-order valence-electron chi connectivity index (χ2n) is 8.76. The summed E-state index contributed by atoms with van der Waals surface area (Å²) in [5.41, 5.74) is -0.952. The van der Waals surface area contributed by atoms with E-state index in [1.165, 1.54) is 0 Å². The molecule has 0 bridgehead atoms. The molecule has 8 nitrogen and oxygen atoms in total. The molecule has 0 aromatic rings. The van der Waals surface area contributed by atoms with Crippen molar-refractivity contribution in [1.29, 1.82) is 0 Å². The van der Waals surface area contributed by atoms with Gasteiger partial charge in [0.2, 0.25) is 5.91 Å². The van der Waals surface area contributed by atoms with Crippen molar-refractivity contribution < 1.29 is 19.1 Å². The highest BCUT2D eigenvalue weighted by atomic mass is 16.6. The van der Waals surface area contributed by atoms with Gasteiger partial charge in [-0.2, -0.15) is 0 Å². The first-order valence-corrected chi connectivity index (χ1v) is 9.18. The number of carbonyl (C=O) groups is 3. The molecule has 1 aliphatic heterocycles. The van der Waals surface area contributed by atoms with Crippen LogP contribution in [-0.4, -0.2) is 59.7 Å². The van der Waals surface area contributed by atoms with Gasteiger partial charge in [-0.05, 0) is 60.9 Å². The molecule has 1 fully saturated rings. The van der Waals surface area contributed by atoms with Crippen molar-refractivity contribution in [3.63, 3.8) is 0 Å². The molecule has 150 valence electrons. The quantitative estimate of drug-likeness (QED) is 0.703. The van der Waals surface area contributed by atoms with Gasteiger partial charge in [0.25, 0.3) is 0 Å². The monoisotopic (exact) mass is 370 g/mol. The number of likely N-dealkylation sites (tertiary alicyclic amines) is 1. The first-order chi connectivity index (χ1) is 11.9. The number of piperidine rings is 1. The predicted octanol–water partition coefficient (Wildman–Crippen LogP) is 1.99. The van der Waals surface area contributed by atoms with Crippen molar-refractivity contribution in [1.82, 2.24) is 20.9 Å². The number of hydrogen-bond acceptors (Lipinski definition) is 5. The summed E-state index contributed by atoms with van der Waals surface area (Å²) < 4.78 is 5.24. The molecule has 0 aromatic heterocycles. The van der Waals surface area contributed by atoms with E-state index in [1.54, 1.807) is 0 Å². The van der Waals surface area contributed by atoms with Gasteiger partial charge in [-0.25, -0.2) is 9.59 Å². The number of nitrogens with one attached hydrogen (secondary N) is 3. The molecule has 1 unspecified atom stereocenters. The summed E-state index contributed by atoms with van der Waals surface area (Å²) >= 11 is 0. The van der Waals surface area contributed by atoms with Crippen LogP contribution in [0.1, 0.15) is 60.8 Å². The Bertz CT molecular complexity index is 508. The van der Waals surface area contributed by atoms with Crippen molar-refractivity contribution in [3.8, 4) is 0 Å². The zero-order valence-corrected chi connectivity index (χ0v) is 16.9. The van der Waals surface area contributed by atoms with Gasteiger partial charge in [-0.1, -0.05) is 6.42 Å². The maximum atomic E-state index is 12.2. The maximum absolute atomic E-state index is 12.2. The number of amides is 4. The molecular formula is C18H34N4O4. The van der Waals surface area contributed by atoms with Crippen LogP contribution in [0.15, 0.2) is 0 Å². The Morgan fingerprint density at radius 2 is 1.73 bits per heavy atom. The summed E-state index contributed by atoms with van der Waals surface area (Å²) in [4.78, 5) is 37.8. The lowest BCUT2D eigenvalue weighted by molar-refractivity contribution is -0.122. The standard InChI is InChI=1S/C18H34N4O4/c1-17(2,3)21-15(24)20-14(23)12-22-10-8-7-9-13(22)11-19-16(25)26-18(4,5)6/h13H,7-12H2,1-6H3,(H,19,25)(H2,20,21,23,24). The van der Waals surface area contributed by atoms with Crippen LogP contribution >= 0.6 is 0 Å². The number of imide groups is 1. The van der Waals surface area contributed by atoms with Crippen LogP contribution in [0.4, 0.5) is 9.59 Å². The minimum atomic E-state index is -0.545. The van der Waals surface area contributed by atoms with Crippen LogP contribution in [-0.2, 0) is 9.53 Å². The predicted molar refractivity (Wildman–Crippen MR) is 99.9 cm³/mol. The topological polar surface area (TPSA) is 99.8 Å². The minimum absolute atomic E-state index is 0.0488. The lowest BCUT2D eigenvalue weighted by Crippen LogP contribution is -2.53. The molecular weight excluding hydrogens is 336 g/mol. The Labute approximate surface area is 156 Å². The molecule has 1 atom stereocenters. The Morgan fingerprint density at radius 3 is 2.31 bits per heavy atom. The van der Waals surface area contributed by atoms with Crippen LogP contribution in [0, 0.1) is 0 Å². The number of hydrogen-bond donors (Lipinski definition) is 3. The van der Waals surface area contributed by atoms with Crippen molar-refractivity contribution in [2.24, 2.45) is 0 Å². The normalized spacial score (nSPS) is 18.8. The number of ether oxygens (including phenoxy) is 1. The van der Waals surface area contributed by atoms with E-state index in [0.717, 1.165) is 25.8 Å². The van der Waals surface area contributed by atoms with Crippen molar-refractivity contribution in [2.75, 3.05) is 19.6 Å². The molecule has 3 N–H and O–H groups in total. The smallest absolute Gasteiger partial charge is 0.407 e. The molecule has 0 spiro atoms. The van der Waals surface area contributed by atoms with Crippen molar-refractivity contribution in [3.05, 3.63) is 0 Å². The van der Waals surface area contributed by atoms with E-state index >= 15 is 0 Å². The summed E-state index contributed by atoms with van der Waals surface area (Å²) in [5.74, 6) is -0.351. The average Bonchev–Trinajstić information content (AvgIpc) is 2.42. The zero-order valence-electron chi connectivity index (χ0n) is 16.9. The molecule has 1 saturated heterocycles. The van der Waals surface area contributed by atoms with E-state index in [0.29, 0.717) is 6.54 Å². The van der Waals surface area contributed by atoms with Gasteiger partial charge >= 0.3 is 12.1 Å². The van der Waals surface area contributed by atoms with Gasteiger partial charge < -0.3 is 15.4 Å². The molecule has 0 aliphatic carbocycles. The number of urea groups is 1. The molecule has 0 aromatic carbocycles. The van der Waals surface area contributed by atoms with Gasteiger partial charge in [-0.3, -0.25) is 15.0 Å². The van der Waals surface area contributed by atoms with Crippen LogP contribution in [0.25, 0.3) is 0 Å². The Morgan fingerprint density at radius 1 is 1.08 bits per heavy atom. The second-order valence-corrected chi connectivity index (χ2v) is 8.76. The molecule has 0 saturated carbocycles. The number of carbonyl (C=O) groups excluding carboxylic acids is 3. The highest BCUT2D eigenvalue weighted by molar-refractivity contribution is 5.95. The van der Waals surface area contributed by atoms with Crippen LogP contribution in [0.3, 0.4) is 0 Å². The third-order valence-electron chi connectivity index (χ3n) is 3.72. The summed E-state index contributed by atoms with van der Waals surface area (Å²) in [5, 5.41) is 7.83. The first kappa shape index (κ1) is 22.2. The fourth-order valence-corrected chi connectivity index (χ4v) is 2.74. The molecule has 1 rings (SSSR count). The molecule has 8 heteroatoms. The van der Waals surface area contributed by atoms with E-state index in [2.05, 4.69) is 16.0 Å².